The molecule has 1 atom stereocenters. The number of carbonyl (C=O) groups is 2. The van der Waals surface area contributed by atoms with Gasteiger partial charge in [0.25, 0.3) is 0 Å². The van der Waals surface area contributed by atoms with Crippen LogP contribution in [0.1, 0.15) is 51.0 Å². The van der Waals surface area contributed by atoms with E-state index in [1.165, 1.54) is 18.4 Å². The summed E-state index contributed by atoms with van der Waals surface area (Å²) >= 11 is 0. The van der Waals surface area contributed by atoms with Gasteiger partial charge in [-0.25, -0.2) is 4.79 Å². The van der Waals surface area contributed by atoms with E-state index in [4.69, 9.17) is 0 Å². The van der Waals surface area contributed by atoms with E-state index in [0.29, 0.717) is 31.5 Å². The molecule has 1 unspecified atom stereocenters. The van der Waals surface area contributed by atoms with Gasteiger partial charge in [0.2, 0.25) is 5.91 Å². The number of urea groups is 1. The van der Waals surface area contributed by atoms with Gasteiger partial charge in [0.1, 0.15) is 0 Å². The van der Waals surface area contributed by atoms with Crippen molar-refractivity contribution < 1.29 is 9.59 Å². The Kier molecular flexibility index (Phi) is 7.91. The van der Waals surface area contributed by atoms with Crippen molar-refractivity contribution in [3.05, 3.63) is 42.5 Å². The summed E-state index contributed by atoms with van der Waals surface area (Å²) < 4.78 is 0. The van der Waals surface area contributed by atoms with E-state index in [9.17, 15) is 9.59 Å². The highest BCUT2D eigenvalue weighted by Gasteiger charge is 2.37. The standard InChI is InChI=1S/C24H36N4O2/c1-4-13-25-24(30)28-16-14-27(15-17-28)22(20-7-5-6-8-20)23(29)26-21-11-9-19(10-12-21)18(2)3/h4,9-12,18,20,22H,1,5-8,13-17H2,2-3H3,(H,25,30)(H,26,29). The number of hydrogen-bond donors (Lipinski definition) is 2. The predicted octanol–water partition coefficient (Wildman–Crippen LogP) is 3.82. The van der Waals surface area contributed by atoms with Crippen LogP contribution in [-0.4, -0.2) is 60.5 Å². The number of nitrogens with zero attached hydrogens (tertiary/aromatic N) is 2. The first-order chi connectivity index (χ1) is 14.5. The van der Waals surface area contributed by atoms with E-state index in [1.54, 1.807) is 6.08 Å². The highest BCUT2D eigenvalue weighted by molar-refractivity contribution is 5.95. The van der Waals surface area contributed by atoms with Gasteiger partial charge in [-0.3, -0.25) is 9.69 Å². The summed E-state index contributed by atoms with van der Waals surface area (Å²) in [5.41, 5.74) is 2.13. The third-order valence-corrected chi connectivity index (χ3v) is 6.35. The minimum atomic E-state index is -0.129. The average molecular weight is 413 g/mol. The van der Waals surface area contributed by atoms with Crippen molar-refractivity contribution in [2.45, 2.75) is 51.5 Å². The number of hydrogen-bond acceptors (Lipinski definition) is 3. The van der Waals surface area contributed by atoms with Crippen molar-refractivity contribution >= 4 is 17.6 Å². The molecule has 1 saturated heterocycles. The van der Waals surface area contributed by atoms with Crippen LogP contribution in [0.5, 0.6) is 0 Å². The molecule has 30 heavy (non-hydrogen) atoms. The second kappa shape index (κ2) is 10.6. The maximum absolute atomic E-state index is 13.3. The molecule has 1 heterocycles. The average Bonchev–Trinajstić information content (AvgIpc) is 3.27. The minimum absolute atomic E-state index is 0.0540. The van der Waals surface area contributed by atoms with Crippen LogP contribution < -0.4 is 10.6 Å². The van der Waals surface area contributed by atoms with Gasteiger partial charge in [-0.15, -0.1) is 6.58 Å². The predicted molar refractivity (Wildman–Crippen MR) is 122 cm³/mol. The Labute approximate surface area is 180 Å². The molecule has 1 aliphatic heterocycles. The van der Waals surface area contributed by atoms with Crippen LogP contribution in [0.3, 0.4) is 0 Å². The highest BCUT2D eigenvalue weighted by Crippen LogP contribution is 2.31. The molecular weight excluding hydrogens is 376 g/mol. The van der Waals surface area contributed by atoms with Crippen LogP contribution in [0, 0.1) is 5.92 Å². The smallest absolute Gasteiger partial charge is 0.317 e. The molecule has 0 radical (unpaired) electrons. The summed E-state index contributed by atoms with van der Waals surface area (Å²) in [6, 6.07) is 8.00. The van der Waals surface area contributed by atoms with Gasteiger partial charge in [0.05, 0.1) is 6.04 Å². The molecule has 1 aromatic rings. The van der Waals surface area contributed by atoms with Crippen molar-refractivity contribution in [1.82, 2.24) is 15.1 Å². The summed E-state index contributed by atoms with van der Waals surface area (Å²) in [4.78, 5) is 29.6. The van der Waals surface area contributed by atoms with Crippen LogP contribution >= 0.6 is 0 Å². The molecular formula is C24H36N4O2. The van der Waals surface area contributed by atoms with Gasteiger partial charge in [0.15, 0.2) is 0 Å². The summed E-state index contributed by atoms with van der Waals surface area (Å²) in [5, 5.41) is 6.00. The van der Waals surface area contributed by atoms with Gasteiger partial charge < -0.3 is 15.5 Å². The summed E-state index contributed by atoms with van der Waals surface area (Å²) in [7, 11) is 0. The second-order valence-corrected chi connectivity index (χ2v) is 8.75. The lowest BCUT2D eigenvalue weighted by Gasteiger charge is -2.40. The Bertz CT molecular complexity index is 717. The summed E-state index contributed by atoms with van der Waals surface area (Å²) in [6.07, 6.45) is 6.28. The largest absolute Gasteiger partial charge is 0.335 e. The first-order valence-corrected chi connectivity index (χ1v) is 11.3. The van der Waals surface area contributed by atoms with Crippen molar-refractivity contribution in [1.29, 1.82) is 0 Å². The molecule has 2 N–H and O–H groups in total. The third-order valence-electron chi connectivity index (χ3n) is 6.35. The van der Waals surface area contributed by atoms with Crippen LogP contribution in [0.15, 0.2) is 36.9 Å². The van der Waals surface area contributed by atoms with E-state index in [2.05, 4.69) is 48.1 Å². The molecule has 3 amide bonds. The van der Waals surface area contributed by atoms with Gasteiger partial charge in [-0.05, 0) is 42.4 Å². The lowest BCUT2D eigenvalue weighted by molar-refractivity contribution is -0.123. The number of amides is 3. The fraction of sp³-hybridized carbons (Fsp3) is 0.583. The van der Waals surface area contributed by atoms with E-state index < -0.39 is 0 Å². The lowest BCUT2D eigenvalue weighted by atomic mass is 9.94. The zero-order valence-corrected chi connectivity index (χ0v) is 18.4. The monoisotopic (exact) mass is 412 g/mol. The Morgan fingerprint density at radius 2 is 1.73 bits per heavy atom. The molecule has 164 valence electrons. The van der Waals surface area contributed by atoms with E-state index in [1.807, 2.05) is 17.0 Å². The van der Waals surface area contributed by atoms with Crippen LogP contribution in [-0.2, 0) is 4.79 Å². The quantitative estimate of drug-likeness (QED) is 0.669. The number of piperazine rings is 1. The molecule has 1 aromatic carbocycles. The van der Waals surface area contributed by atoms with Crippen molar-refractivity contribution in [3.63, 3.8) is 0 Å². The van der Waals surface area contributed by atoms with Crippen molar-refractivity contribution in [2.75, 3.05) is 38.0 Å². The molecule has 2 fully saturated rings. The Balaban J connectivity index is 1.64. The minimum Gasteiger partial charge on any atom is -0.335 e. The SMILES string of the molecule is C=CCNC(=O)N1CCN(C(C(=O)Nc2ccc(C(C)C)cc2)C2CCCC2)CC1. The normalized spacial score (nSPS) is 19.0. The second-order valence-electron chi connectivity index (χ2n) is 8.75. The number of anilines is 1. The first kappa shape index (κ1) is 22.3. The zero-order valence-electron chi connectivity index (χ0n) is 18.4. The molecule has 6 heteroatoms. The lowest BCUT2D eigenvalue weighted by Crippen LogP contribution is -2.58. The van der Waals surface area contributed by atoms with E-state index in [0.717, 1.165) is 31.6 Å². The molecule has 3 rings (SSSR count). The van der Waals surface area contributed by atoms with Crippen molar-refractivity contribution in [2.24, 2.45) is 5.92 Å². The molecule has 0 spiro atoms. The Morgan fingerprint density at radius 3 is 2.30 bits per heavy atom. The summed E-state index contributed by atoms with van der Waals surface area (Å²) in [5.74, 6) is 0.950. The van der Waals surface area contributed by atoms with Gasteiger partial charge in [0, 0.05) is 38.4 Å². The van der Waals surface area contributed by atoms with Crippen LogP contribution in [0.25, 0.3) is 0 Å². The number of rotatable bonds is 7. The number of benzene rings is 1. The Hall–Kier alpha value is -2.34. The van der Waals surface area contributed by atoms with E-state index >= 15 is 0 Å². The number of carbonyl (C=O) groups excluding carboxylic acids is 2. The fourth-order valence-electron chi connectivity index (χ4n) is 4.59. The van der Waals surface area contributed by atoms with Crippen LogP contribution in [0.2, 0.25) is 0 Å². The zero-order chi connectivity index (χ0) is 21.5. The van der Waals surface area contributed by atoms with E-state index in [-0.39, 0.29) is 18.0 Å². The maximum Gasteiger partial charge on any atom is 0.317 e. The van der Waals surface area contributed by atoms with Gasteiger partial charge in [-0.2, -0.15) is 0 Å². The summed E-state index contributed by atoms with van der Waals surface area (Å²) in [6.45, 7) is 11.2. The third kappa shape index (κ3) is 5.63. The molecule has 0 aromatic heterocycles. The fourth-order valence-corrected chi connectivity index (χ4v) is 4.59. The molecule has 6 nitrogen and oxygen atoms in total. The topological polar surface area (TPSA) is 64.7 Å². The maximum atomic E-state index is 13.3. The van der Waals surface area contributed by atoms with Crippen molar-refractivity contribution in [3.8, 4) is 0 Å². The molecule has 1 aliphatic carbocycles. The first-order valence-electron chi connectivity index (χ1n) is 11.3. The van der Waals surface area contributed by atoms with Gasteiger partial charge in [-0.1, -0.05) is 44.9 Å². The molecule has 2 aliphatic rings. The molecule has 0 bridgehead atoms. The van der Waals surface area contributed by atoms with Crippen LogP contribution in [0.4, 0.5) is 10.5 Å². The Morgan fingerprint density at radius 1 is 1.10 bits per heavy atom. The van der Waals surface area contributed by atoms with Gasteiger partial charge >= 0.3 is 6.03 Å². The highest BCUT2D eigenvalue weighted by atomic mass is 16.2. The molecule has 1 saturated carbocycles. The number of nitrogens with one attached hydrogen (secondary N) is 2.